The van der Waals surface area contributed by atoms with E-state index in [0.29, 0.717) is 11.2 Å². The molecule has 94 valence electrons. The minimum atomic E-state index is -2.44. The maximum Gasteiger partial charge on any atom is 0.778 e. The van der Waals surface area contributed by atoms with Crippen molar-refractivity contribution in [3.05, 3.63) is 48.5 Å². The van der Waals surface area contributed by atoms with Crippen LogP contribution in [0.25, 0.3) is 43.5 Å². The first kappa shape index (κ1) is 10.3. The van der Waals surface area contributed by atoms with Crippen LogP contribution in [0, 0.1) is 0 Å². The molecule has 0 unspecified atom stereocenters. The van der Waals surface area contributed by atoms with Crippen molar-refractivity contribution in [3.63, 3.8) is 0 Å². The van der Waals surface area contributed by atoms with Crippen LogP contribution in [0.1, 0.15) is 0 Å². The van der Waals surface area contributed by atoms with Crippen molar-refractivity contribution >= 4 is 52.3 Å². The maximum atomic E-state index is 11.5. The molecule has 4 aromatic carbocycles. The van der Waals surface area contributed by atoms with Crippen molar-refractivity contribution in [1.29, 1.82) is 0 Å². The number of rotatable bonds is 0. The van der Waals surface area contributed by atoms with Gasteiger partial charge in [0.05, 0.1) is 0 Å². The van der Waals surface area contributed by atoms with Crippen LogP contribution < -0.4 is 0 Å². The Hall–Kier alpha value is -2.46. The highest BCUT2D eigenvalue weighted by Crippen LogP contribution is 2.38. The van der Waals surface area contributed by atoms with E-state index in [1.165, 1.54) is 16.2 Å². The molecule has 1 aromatic heterocycles. The molecule has 0 N–H and O–H groups in total. The first-order chi connectivity index (χ1) is 9.81. The van der Waals surface area contributed by atoms with Crippen molar-refractivity contribution in [3.8, 4) is 0 Å². The van der Waals surface area contributed by atoms with Gasteiger partial charge in [0, 0.05) is 10.8 Å². The molecule has 3 nitrogen and oxygen atoms in total. The quantitative estimate of drug-likeness (QED) is 0.310. The summed E-state index contributed by atoms with van der Waals surface area (Å²) in [6.45, 7) is 0. The SMILES string of the molecule is O=[si]1oc2cc3ccc4cccc5ccc(c2o1)c3c45. The second-order valence-corrected chi connectivity index (χ2v) is 5.92. The molecule has 20 heavy (non-hydrogen) atoms. The summed E-state index contributed by atoms with van der Waals surface area (Å²) in [6.07, 6.45) is 0. The monoisotopic (exact) mass is 276 g/mol. The number of benzene rings is 4. The van der Waals surface area contributed by atoms with Crippen molar-refractivity contribution in [2.45, 2.75) is 0 Å². The van der Waals surface area contributed by atoms with E-state index in [1.807, 2.05) is 12.1 Å². The van der Waals surface area contributed by atoms with Crippen LogP contribution in [0.5, 0.6) is 0 Å². The third kappa shape index (κ3) is 1.15. The molecule has 0 spiro atoms. The molecule has 5 rings (SSSR count). The van der Waals surface area contributed by atoms with Gasteiger partial charge in [-0.3, -0.25) is 4.46 Å². The molecule has 1 heterocycles. The molecule has 0 bridgehead atoms. The smallest absolute Gasteiger partial charge is 0.455 e. The Morgan fingerprint density at radius 3 is 2.40 bits per heavy atom. The summed E-state index contributed by atoms with van der Waals surface area (Å²) >= 11 is 0. The molecule has 0 radical (unpaired) electrons. The zero-order valence-electron chi connectivity index (χ0n) is 10.3. The lowest BCUT2D eigenvalue weighted by molar-refractivity contribution is 0.476. The van der Waals surface area contributed by atoms with Crippen LogP contribution in [0.3, 0.4) is 0 Å². The largest absolute Gasteiger partial charge is 0.778 e. The minimum absolute atomic E-state index is 0.583. The Kier molecular flexibility index (Phi) is 1.73. The van der Waals surface area contributed by atoms with Crippen molar-refractivity contribution in [1.82, 2.24) is 0 Å². The Bertz CT molecular complexity index is 1150. The second-order valence-electron chi connectivity index (χ2n) is 5.01. The highest BCUT2D eigenvalue weighted by atomic mass is 28.2. The molecule has 0 aliphatic carbocycles. The fourth-order valence-electron chi connectivity index (χ4n) is 3.13. The van der Waals surface area contributed by atoms with Gasteiger partial charge >= 0.3 is 8.80 Å². The van der Waals surface area contributed by atoms with E-state index in [2.05, 4.69) is 36.4 Å². The molecule has 0 fully saturated rings. The van der Waals surface area contributed by atoms with Crippen molar-refractivity contribution in [2.24, 2.45) is 0 Å². The average Bonchev–Trinajstić information content (AvgIpc) is 2.84. The predicted molar refractivity (Wildman–Crippen MR) is 78.6 cm³/mol. The van der Waals surface area contributed by atoms with Gasteiger partial charge in [0.25, 0.3) is 0 Å². The number of fused-ring (bicyclic) bond motifs is 2. The van der Waals surface area contributed by atoms with E-state index in [1.54, 1.807) is 0 Å². The third-order valence-corrected chi connectivity index (χ3v) is 4.70. The maximum absolute atomic E-state index is 11.5. The lowest BCUT2D eigenvalue weighted by atomic mass is 9.94. The van der Waals surface area contributed by atoms with E-state index in [9.17, 15) is 4.46 Å². The van der Waals surface area contributed by atoms with Gasteiger partial charge in [0.2, 0.25) is 0 Å². The third-order valence-electron chi connectivity index (χ3n) is 3.94. The molecular weight excluding hydrogens is 268 g/mol. The molecule has 0 saturated carbocycles. The lowest BCUT2D eigenvalue weighted by Gasteiger charge is -2.10. The fourth-order valence-corrected chi connectivity index (χ4v) is 3.88. The topological polar surface area (TPSA) is 43.4 Å². The standard InChI is InChI=1S/C16H8O3Si/c17-20-18-13-8-11-5-4-9-2-1-3-10-6-7-12(16(13)19-20)15(11)14(9)10/h1-8H. The molecule has 4 heteroatoms. The molecule has 0 aliphatic rings. The van der Waals surface area contributed by atoms with Crippen LogP contribution in [0.15, 0.2) is 56.7 Å². The normalized spacial score (nSPS) is 12.2. The summed E-state index contributed by atoms with van der Waals surface area (Å²) in [5.74, 6) is 0. The van der Waals surface area contributed by atoms with Gasteiger partial charge in [-0.2, -0.15) is 0 Å². The number of hydrogen-bond acceptors (Lipinski definition) is 3. The van der Waals surface area contributed by atoms with Gasteiger partial charge < -0.3 is 8.19 Å². The van der Waals surface area contributed by atoms with Gasteiger partial charge in [-0.1, -0.05) is 36.4 Å². The summed E-state index contributed by atoms with van der Waals surface area (Å²) in [5.41, 5.74) is 1.19. The van der Waals surface area contributed by atoms with E-state index in [-0.39, 0.29) is 0 Å². The first-order valence-corrected chi connectivity index (χ1v) is 7.64. The average molecular weight is 276 g/mol. The van der Waals surface area contributed by atoms with Gasteiger partial charge in [0.1, 0.15) is 0 Å². The highest BCUT2D eigenvalue weighted by molar-refractivity contribution is 6.29. The Morgan fingerprint density at radius 2 is 1.55 bits per heavy atom. The molecule has 5 aromatic rings. The highest BCUT2D eigenvalue weighted by Gasteiger charge is 2.15. The Labute approximate surface area is 114 Å². The van der Waals surface area contributed by atoms with Crippen LogP contribution in [0.4, 0.5) is 0 Å². The summed E-state index contributed by atoms with van der Waals surface area (Å²) in [7, 11) is -2.44. The minimum Gasteiger partial charge on any atom is -0.455 e. The van der Waals surface area contributed by atoms with Crippen molar-refractivity contribution < 1.29 is 12.7 Å². The Morgan fingerprint density at radius 1 is 0.800 bits per heavy atom. The van der Waals surface area contributed by atoms with E-state index >= 15 is 0 Å². The van der Waals surface area contributed by atoms with Crippen LogP contribution in [0.2, 0.25) is 0 Å². The Balaban J connectivity index is 2.25. The second kappa shape index (κ2) is 3.35. The molecule has 0 atom stereocenters. The summed E-state index contributed by atoms with van der Waals surface area (Å²) < 4.78 is 22.2. The van der Waals surface area contributed by atoms with E-state index < -0.39 is 8.80 Å². The summed E-state index contributed by atoms with van der Waals surface area (Å²) in [5, 5.41) is 6.83. The molecule has 0 aliphatic heterocycles. The lowest BCUT2D eigenvalue weighted by Crippen LogP contribution is -1.83. The van der Waals surface area contributed by atoms with Crippen molar-refractivity contribution in [2.75, 3.05) is 0 Å². The van der Waals surface area contributed by atoms with Gasteiger partial charge in [-0.25, -0.2) is 0 Å². The predicted octanol–water partition coefficient (Wildman–Crippen LogP) is 4.42. The van der Waals surface area contributed by atoms with E-state index in [4.69, 9.17) is 8.19 Å². The van der Waals surface area contributed by atoms with E-state index in [0.717, 1.165) is 16.2 Å². The van der Waals surface area contributed by atoms with Gasteiger partial charge in [-0.15, -0.1) is 0 Å². The molecule has 0 amide bonds. The van der Waals surface area contributed by atoms with Crippen LogP contribution in [-0.4, -0.2) is 8.80 Å². The van der Waals surface area contributed by atoms with Crippen LogP contribution >= 0.6 is 0 Å². The first-order valence-electron chi connectivity index (χ1n) is 6.41. The zero-order valence-corrected chi connectivity index (χ0v) is 11.3. The van der Waals surface area contributed by atoms with Crippen LogP contribution in [-0.2, 0) is 4.46 Å². The summed E-state index contributed by atoms with van der Waals surface area (Å²) in [4.78, 5) is 0. The number of hydrogen-bond donors (Lipinski definition) is 0. The molecule has 0 saturated heterocycles. The zero-order chi connectivity index (χ0) is 13.3. The van der Waals surface area contributed by atoms with Gasteiger partial charge in [0.15, 0.2) is 11.2 Å². The molecular formula is C16H8O3Si. The fraction of sp³-hybridized carbons (Fsp3) is 0. The summed E-state index contributed by atoms with van der Waals surface area (Å²) in [6, 6.07) is 16.5. The van der Waals surface area contributed by atoms with Gasteiger partial charge in [-0.05, 0) is 33.7 Å².